The van der Waals surface area contributed by atoms with Gasteiger partial charge in [0.1, 0.15) is 48.7 Å². The molecule has 6 fully saturated rings. The molecular weight excluding hydrogens is 861 g/mol. The Labute approximate surface area is 390 Å². The second-order valence-electron chi connectivity index (χ2n) is 22.2. The summed E-state index contributed by atoms with van der Waals surface area (Å²) in [4.78, 5) is 24.2. The number of allylic oxidation sites excluding steroid dienone is 2. The molecular formula is C48H82N2O16. The third-order valence-electron chi connectivity index (χ3n) is 16.6. The Hall–Kier alpha value is -1.88. The Bertz CT molecular complexity index is 1730. The van der Waals surface area contributed by atoms with Crippen LogP contribution in [0.2, 0.25) is 0 Å². The maximum absolute atomic E-state index is 12.2. The Morgan fingerprint density at radius 1 is 0.773 bits per heavy atom. The van der Waals surface area contributed by atoms with Gasteiger partial charge in [-0.05, 0) is 109 Å². The summed E-state index contributed by atoms with van der Waals surface area (Å²) in [6.45, 7) is 16.3. The molecule has 19 atom stereocenters. The van der Waals surface area contributed by atoms with Crippen LogP contribution in [0.3, 0.4) is 0 Å². The zero-order valence-electron chi connectivity index (χ0n) is 41.0. The molecule has 3 aliphatic carbocycles. The first kappa shape index (κ1) is 53.5. The van der Waals surface area contributed by atoms with E-state index < -0.39 is 120 Å². The molecule has 0 bridgehead atoms. The van der Waals surface area contributed by atoms with E-state index in [4.69, 9.17) is 33.2 Å². The molecule has 3 saturated carbocycles. The van der Waals surface area contributed by atoms with Crippen molar-refractivity contribution >= 4 is 11.8 Å². The Morgan fingerprint density at radius 2 is 1.32 bits per heavy atom. The van der Waals surface area contributed by atoms with E-state index in [1.165, 1.54) is 39.2 Å². The number of hydrogen-bond acceptors (Lipinski definition) is 16. The first-order valence-electron chi connectivity index (χ1n) is 24.0. The Morgan fingerprint density at radius 3 is 1.85 bits per heavy atom. The van der Waals surface area contributed by atoms with Gasteiger partial charge in [-0.25, -0.2) is 0 Å². The maximum Gasteiger partial charge on any atom is 0.217 e. The zero-order valence-corrected chi connectivity index (χ0v) is 41.0. The van der Waals surface area contributed by atoms with Crippen molar-refractivity contribution in [3.63, 3.8) is 0 Å². The van der Waals surface area contributed by atoms with Crippen LogP contribution in [0, 0.1) is 22.2 Å². The van der Waals surface area contributed by atoms with Crippen molar-refractivity contribution in [2.45, 2.75) is 230 Å². The average molecular weight is 943 g/mol. The maximum atomic E-state index is 12.2. The van der Waals surface area contributed by atoms with Crippen molar-refractivity contribution in [2.24, 2.45) is 22.2 Å². The highest BCUT2D eigenvalue weighted by Crippen LogP contribution is 2.66. The van der Waals surface area contributed by atoms with Gasteiger partial charge in [-0.2, -0.15) is 0 Å². The van der Waals surface area contributed by atoms with Crippen molar-refractivity contribution < 1.29 is 78.5 Å². The van der Waals surface area contributed by atoms with E-state index >= 15 is 0 Å². The van der Waals surface area contributed by atoms with Crippen molar-refractivity contribution in [1.82, 2.24) is 10.6 Å². The van der Waals surface area contributed by atoms with Gasteiger partial charge in [-0.15, -0.1) is 0 Å². The van der Waals surface area contributed by atoms with E-state index in [2.05, 4.69) is 31.4 Å². The number of hydrogen-bond donors (Lipinski definition) is 9. The third-order valence-corrected chi connectivity index (χ3v) is 16.6. The largest absolute Gasteiger partial charge is 0.393 e. The van der Waals surface area contributed by atoms with Gasteiger partial charge in [0.15, 0.2) is 12.6 Å². The van der Waals surface area contributed by atoms with Crippen LogP contribution < -0.4 is 10.6 Å². The molecule has 0 aromatic carbocycles. The lowest BCUT2D eigenvalue weighted by molar-refractivity contribution is -0.324. The van der Waals surface area contributed by atoms with Crippen LogP contribution in [-0.4, -0.2) is 178 Å². The van der Waals surface area contributed by atoms with Crippen molar-refractivity contribution in [2.75, 3.05) is 27.4 Å². The van der Waals surface area contributed by atoms with E-state index in [1.54, 1.807) is 13.8 Å². The van der Waals surface area contributed by atoms with Crippen molar-refractivity contribution in [1.29, 1.82) is 0 Å². The molecule has 3 heterocycles. The van der Waals surface area contributed by atoms with Crippen molar-refractivity contribution in [3.05, 3.63) is 11.1 Å². The van der Waals surface area contributed by atoms with Gasteiger partial charge in [0.05, 0.1) is 54.9 Å². The van der Waals surface area contributed by atoms with Crippen LogP contribution in [0.5, 0.6) is 0 Å². The number of rotatable bonds is 15. The first-order valence-corrected chi connectivity index (χ1v) is 24.0. The fourth-order valence-corrected chi connectivity index (χ4v) is 12.8. The minimum atomic E-state index is -1.41. The summed E-state index contributed by atoms with van der Waals surface area (Å²) in [5, 5.41) is 84.1. The van der Waals surface area contributed by atoms with Gasteiger partial charge in [0.25, 0.3) is 0 Å². The molecule has 6 rings (SSSR count). The quantitative estimate of drug-likeness (QED) is 0.105. The van der Waals surface area contributed by atoms with Gasteiger partial charge in [-0.1, -0.05) is 31.9 Å². The molecule has 3 aliphatic heterocycles. The molecule has 6 aliphatic rings. The molecule has 0 spiro atoms. The third kappa shape index (κ3) is 10.6. The molecule has 18 heteroatoms. The fraction of sp³-hybridized carbons (Fsp3) is 0.917. The Balaban J connectivity index is 1.14. The number of aliphatic hydroxyl groups is 7. The number of carbonyl (C=O) groups is 2. The second kappa shape index (κ2) is 20.5. The molecule has 2 amide bonds. The summed E-state index contributed by atoms with van der Waals surface area (Å²) >= 11 is 0. The van der Waals surface area contributed by atoms with Gasteiger partial charge in [0.2, 0.25) is 11.8 Å². The average Bonchev–Trinajstić information content (AvgIpc) is 3.58. The van der Waals surface area contributed by atoms with Crippen LogP contribution in [0.1, 0.15) is 127 Å². The van der Waals surface area contributed by atoms with E-state index in [-0.39, 0.29) is 36.4 Å². The number of amides is 2. The van der Waals surface area contributed by atoms with Crippen LogP contribution in [0.25, 0.3) is 0 Å². The molecule has 3 saturated heterocycles. The smallest absolute Gasteiger partial charge is 0.217 e. The SMILES string of the molecule is COC[C@@H]1O[C@H](OC(C)(C)[C@H](O)CC[C@]2(C)C/C(=C3\CC[C@H]4[C@]5(C)CC[C@@H](C(C)(C)O[C@@H]6O[C@H](COC)[C@H](O)[C@H](O)[C@@H]6NC(C)=O)O[C@H]5[C@@H](O)C[C@]34C)CC[C@@H]2O)[C@H](NC(C)=O)[C@@H](O)[C@H]1O. The zero-order chi connectivity index (χ0) is 48.9. The summed E-state index contributed by atoms with van der Waals surface area (Å²) in [5.74, 6) is -0.650. The van der Waals surface area contributed by atoms with E-state index in [0.717, 1.165) is 25.7 Å². The number of ether oxygens (including phenoxy) is 7. The standard InChI is InChI=1S/C48H82N2O16/c1-24(51)49-35-39(58)37(56)29(22-60-10)62-42(35)65-44(3,4)32(54)16-18-46(7)20-26(12-15-33(46)55)27-13-14-31-47(8)19-17-34(64-41(47)28(53)21-48(27,31)9)45(5,6)66-43-36(50-25(2)52)40(59)38(57)30(63-43)23-61-11/h28-43,53-59H,12-23H2,1-11H3,(H,49,51)(H,50,52)/b27-26+/t28-,29-,30+,31-,32+,33-,34-,35+,36-,37-,38-,39+,40+,41-,42+,43-,46+,47-,48+/m0/s1. The van der Waals surface area contributed by atoms with Gasteiger partial charge >= 0.3 is 0 Å². The summed E-state index contributed by atoms with van der Waals surface area (Å²) in [5.41, 5.74) is -0.797. The normalized spacial score (nSPS) is 44.8. The first-order chi connectivity index (χ1) is 30.7. The van der Waals surface area contributed by atoms with Crippen LogP contribution >= 0.6 is 0 Å². The predicted molar refractivity (Wildman–Crippen MR) is 238 cm³/mol. The monoisotopic (exact) mass is 943 g/mol. The minimum Gasteiger partial charge on any atom is -0.393 e. The number of carbonyl (C=O) groups excluding carboxylic acids is 2. The van der Waals surface area contributed by atoms with Gasteiger partial charge < -0.3 is 79.5 Å². The van der Waals surface area contributed by atoms with Crippen LogP contribution in [0.4, 0.5) is 0 Å². The lowest BCUT2D eigenvalue weighted by Gasteiger charge is -2.60. The van der Waals surface area contributed by atoms with E-state index in [9.17, 15) is 45.3 Å². The topological polar surface area (TPSA) is 264 Å². The summed E-state index contributed by atoms with van der Waals surface area (Å²) in [6.07, 6.45) is -6.55. The van der Waals surface area contributed by atoms with Crippen LogP contribution in [0.15, 0.2) is 11.1 Å². The minimum absolute atomic E-state index is 0.00395. The second-order valence-corrected chi connectivity index (χ2v) is 22.2. The lowest BCUT2D eigenvalue weighted by atomic mass is 9.51. The van der Waals surface area contributed by atoms with Gasteiger partial charge in [0, 0.05) is 33.5 Å². The molecule has 66 heavy (non-hydrogen) atoms. The molecule has 380 valence electrons. The fourth-order valence-electron chi connectivity index (χ4n) is 12.8. The van der Waals surface area contributed by atoms with E-state index in [0.29, 0.717) is 32.1 Å². The van der Waals surface area contributed by atoms with Gasteiger partial charge in [-0.3, -0.25) is 9.59 Å². The highest BCUT2D eigenvalue weighted by atomic mass is 16.7. The highest BCUT2D eigenvalue weighted by molar-refractivity contribution is 5.73. The molecule has 0 aromatic rings. The van der Waals surface area contributed by atoms with Crippen LogP contribution in [-0.2, 0) is 42.7 Å². The van der Waals surface area contributed by atoms with E-state index in [1.807, 2.05) is 13.8 Å². The number of methoxy groups -OCH3 is 2. The predicted octanol–water partition coefficient (Wildman–Crippen LogP) is 1.50. The number of aliphatic hydroxyl groups excluding tert-OH is 7. The summed E-state index contributed by atoms with van der Waals surface area (Å²) in [6, 6.07) is -2.15. The summed E-state index contributed by atoms with van der Waals surface area (Å²) in [7, 11) is 2.90. The molecule has 0 unspecified atom stereocenters. The highest BCUT2D eigenvalue weighted by Gasteiger charge is 2.64. The van der Waals surface area contributed by atoms with Crippen molar-refractivity contribution in [3.8, 4) is 0 Å². The molecule has 0 aromatic heterocycles. The summed E-state index contributed by atoms with van der Waals surface area (Å²) < 4.78 is 42.3. The molecule has 9 N–H and O–H groups in total. The Kier molecular flexibility index (Phi) is 16.6. The number of fused-ring (bicyclic) bond motifs is 3. The molecule has 0 radical (unpaired) electrons. The molecule has 18 nitrogen and oxygen atoms in total. The number of nitrogens with one attached hydrogen (secondary N) is 2. The lowest BCUT2D eigenvalue weighted by Crippen LogP contribution is -2.67.